The van der Waals surface area contributed by atoms with Crippen LogP contribution in [0, 0.1) is 0 Å². The number of ether oxygens (including phenoxy) is 1. The minimum atomic E-state index is 0.0308. The van der Waals surface area contributed by atoms with Gasteiger partial charge in [-0.1, -0.05) is 45.2 Å². The minimum absolute atomic E-state index is 0.0308. The predicted molar refractivity (Wildman–Crippen MR) is 93.8 cm³/mol. The molecule has 2 nitrogen and oxygen atoms in total. The van der Waals surface area contributed by atoms with Crippen LogP contribution >= 0.6 is 39.1 Å². The maximum Gasteiger partial charge on any atom is 0.142 e. The smallest absolute Gasteiger partial charge is 0.142 e. The lowest BCUT2D eigenvalue weighted by Crippen LogP contribution is -2.09. The van der Waals surface area contributed by atoms with E-state index in [2.05, 4.69) is 21.2 Å². The van der Waals surface area contributed by atoms with Crippen LogP contribution in [0.25, 0.3) is 0 Å². The molecule has 0 aliphatic carbocycles. The monoisotopic (exact) mass is 387 g/mol. The summed E-state index contributed by atoms with van der Waals surface area (Å²) in [7, 11) is 0. The first kappa shape index (κ1) is 16.5. The first-order chi connectivity index (χ1) is 10.0. The third-order valence-corrected chi connectivity index (χ3v) is 4.10. The topological polar surface area (TPSA) is 21.3 Å². The largest absolute Gasteiger partial charge is 0.492 e. The van der Waals surface area contributed by atoms with Gasteiger partial charge in [0.15, 0.2) is 0 Å². The Morgan fingerprint density at radius 3 is 2.62 bits per heavy atom. The molecular weight excluding hydrogens is 373 g/mol. The first-order valence-corrected chi connectivity index (χ1v) is 8.20. The van der Waals surface area contributed by atoms with Crippen molar-refractivity contribution < 1.29 is 4.74 Å². The second-order valence-electron chi connectivity index (χ2n) is 4.61. The first-order valence-electron chi connectivity index (χ1n) is 6.65. The van der Waals surface area contributed by atoms with Gasteiger partial charge in [0.05, 0.1) is 18.3 Å². The van der Waals surface area contributed by atoms with Gasteiger partial charge in [-0.05, 0) is 49.7 Å². The number of nitrogens with one attached hydrogen (secondary N) is 1. The van der Waals surface area contributed by atoms with Crippen LogP contribution in [0.1, 0.15) is 25.5 Å². The summed E-state index contributed by atoms with van der Waals surface area (Å²) in [4.78, 5) is 0. The van der Waals surface area contributed by atoms with Crippen molar-refractivity contribution in [2.24, 2.45) is 0 Å². The van der Waals surface area contributed by atoms with E-state index in [0.29, 0.717) is 16.7 Å². The minimum Gasteiger partial charge on any atom is -0.492 e. The Bertz CT molecular complexity index is 634. The van der Waals surface area contributed by atoms with Crippen LogP contribution in [-0.4, -0.2) is 6.61 Å². The Kier molecular flexibility index (Phi) is 5.80. The lowest BCUT2D eigenvalue weighted by atomic mass is 10.1. The molecule has 0 saturated heterocycles. The van der Waals surface area contributed by atoms with Gasteiger partial charge in [-0.15, -0.1) is 0 Å². The van der Waals surface area contributed by atoms with Gasteiger partial charge >= 0.3 is 0 Å². The van der Waals surface area contributed by atoms with E-state index >= 15 is 0 Å². The zero-order valence-electron chi connectivity index (χ0n) is 11.8. The fourth-order valence-corrected chi connectivity index (χ4v) is 3.07. The highest BCUT2D eigenvalue weighted by atomic mass is 79.9. The molecule has 0 saturated carbocycles. The quantitative estimate of drug-likeness (QED) is 0.646. The summed E-state index contributed by atoms with van der Waals surface area (Å²) >= 11 is 15.8. The predicted octanol–water partition coefficient (Wildman–Crippen LogP) is 6.33. The van der Waals surface area contributed by atoms with Crippen molar-refractivity contribution in [1.29, 1.82) is 0 Å². The summed E-state index contributed by atoms with van der Waals surface area (Å²) in [5.74, 6) is 0.780. The van der Waals surface area contributed by atoms with Gasteiger partial charge in [-0.25, -0.2) is 0 Å². The summed E-state index contributed by atoms with van der Waals surface area (Å²) in [6, 6.07) is 11.4. The summed E-state index contributed by atoms with van der Waals surface area (Å²) in [6.45, 7) is 4.60. The molecule has 112 valence electrons. The number of rotatable bonds is 5. The number of hydrogen-bond acceptors (Lipinski definition) is 2. The van der Waals surface area contributed by atoms with E-state index in [9.17, 15) is 0 Å². The summed E-state index contributed by atoms with van der Waals surface area (Å²) in [5.41, 5.74) is 1.87. The van der Waals surface area contributed by atoms with E-state index in [0.717, 1.165) is 21.5 Å². The summed E-state index contributed by atoms with van der Waals surface area (Å²) in [5, 5.41) is 4.78. The fraction of sp³-hybridized carbons (Fsp3) is 0.250. The number of anilines is 1. The molecule has 2 aromatic carbocycles. The van der Waals surface area contributed by atoms with E-state index in [1.807, 2.05) is 50.2 Å². The molecule has 0 amide bonds. The van der Waals surface area contributed by atoms with E-state index in [1.54, 1.807) is 0 Å². The molecule has 0 aliphatic rings. The summed E-state index contributed by atoms with van der Waals surface area (Å²) in [6.07, 6.45) is 0. The zero-order chi connectivity index (χ0) is 15.4. The molecule has 2 rings (SSSR count). The van der Waals surface area contributed by atoms with Crippen LogP contribution in [-0.2, 0) is 0 Å². The van der Waals surface area contributed by atoms with Crippen molar-refractivity contribution in [3.8, 4) is 5.75 Å². The Balaban J connectivity index is 2.26. The highest BCUT2D eigenvalue weighted by Crippen LogP contribution is 2.33. The van der Waals surface area contributed by atoms with Gasteiger partial charge in [0.2, 0.25) is 0 Å². The molecular formula is C16H16BrCl2NO. The molecule has 0 fully saturated rings. The number of benzene rings is 2. The molecule has 0 aromatic heterocycles. The lowest BCUT2D eigenvalue weighted by molar-refractivity contribution is 0.341. The van der Waals surface area contributed by atoms with Crippen LogP contribution < -0.4 is 10.1 Å². The van der Waals surface area contributed by atoms with Gasteiger partial charge in [0, 0.05) is 14.5 Å². The second kappa shape index (κ2) is 7.39. The van der Waals surface area contributed by atoms with Crippen molar-refractivity contribution in [2.75, 3.05) is 11.9 Å². The van der Waals surface area contributed by atoms with Crippen molar-refractivity contribution in [3.05, 3.63) is 56.5 Å². The van der Waals surface area contributed by atoms with Crippen LogP contribution in [0.4, 0.5) is 5.69 Å². The molecule has 5 heteroatoms. The average Bonchev–Trinajstić information content (AvgIpc) is 2.41. The van der Waals surface area contributed by atoms with Gasteiger partial charge in [0.1, 0.15) is 5.75 Å². The SMILES string of the molecule is CCOc1ccc(Cl)cc1NC(C)c1ccc(Br)cc1Cl. The lowest BCUT2D eigenvalue weighted by Gasteiger charge is -2.20. The van der Waals surface area contributed by atoms with Crippen LogP contribution in [0.15, 0.2) is 40.9 Å². The zero-order valence-corrected chi connectivity index (χ0v) is 14.9. The molecule has 0 heterocycles. The molecule has 2 aromatic rings. The van der Waals surface area contributed by atoms with Crippen molar-refractivity contribution in [2.45, 2.75) is 19.9 Å². The van der Waals surface area contributed by atoms with Crippen LogP contribution in [0.2, 0.25) is 10.0 Å². The van der Waals surface area contributed by atoms with E-state index in [-0.39, 0.29) is 6.04 Å². The Hall–Kier alpha value is -0.900. The molecule has 21 heavy (non-hydrogen) atoms. The van der Waals surface area contributed by atoms with Crippen LogP contribution in [0.5, 0.6) is 5.75 Å². The van der Waals surface area contributed by atoms with Gasteiger partial charge in [-0.3, -0.25) is 0 Å². The Labute approximate surface area is 143 Å². The average molecular weight is 389 g/mol. The van der Waals surface area contributed by atoms with Gasteiger partial charge in [0.25, 0.3) is 0 Å². The second-order valence-corrected chi connectivity index (χ2v) is 6.36. The number of halogens is 3. The van der Waals surface area contributed by atoms with Gasteiger partial charge in [-0.2, -0.15) is 0 Å². The molecule has 0 aliphatic heterocycles. The number of hydrogen-bond donors (Lipinski definition) is 1. The van der Waals surface area contributed by atoms with Crippen molar-refractivity contribution in [3.63, 3.8) is 0 Å². The Morgan fingerprint density at radius 2 is 1.95 bits per heavy atom. The maximum absolute atomic E-state index is 6.30. The fourth-order valence-electron chi connectivity index (χ4n) is 2.06. The van der Waals surface area contributed by atoms with Crippen LogP contribution in [0.3, 0.4) is 0 Å². The van der Waals surface area contributed by atoms with E-state index in [4.69, 9.17) is 27.9 Å². The molecule has 1 unspecified atom stereocenters. The van der Waals surface area contributed by atoms with Crippen molar-refractivity contribution in [1.82, 2.24) is 0 Å². The molecule has 0 bridgehead atoms. The summed E-state index contributed by atoms with van der Waals surface area (Å²) < 4.78 is 6.58. The molecule has 1 N–H and O–H groups in total. The third-order valence-electron chi connectivity index (χ3n) is 3.04. The molecule has 1 atom stereocenters. The normalized spacial score (nSPS) is 12.0. The highest BCUT2D eigenvalue weighted by molar-refractivity contribution is 9.10. The van der Waals surface area contributed by atoms with Gasteiger partial charge < -0.3 is 10.1 Å². The Morgan fingerprint density at radius 1 is 1.19 bits per heavy atom. The van der Waals surface area contributed by atoms with Crippen molar-refractivity contribution >= 4 is 44.8 Å². The molecule has 0 radical (unpaired) electrons. The van der Waals surface area contributed by atoms with E-state index in [1.165, 1.54) is 0 Å². The maximum atomic E-state index is 6.30. The van der Waals surface area contributed by atoms with E-state index < -0.39 is 0 Å². The third kappa shape index (κ3) is 4.29. The molecule has 0 spiro atoms. The highest BCUT2D eigenvalue weighted by Gasteiger charge is 2.13. The standard InChI is InChI=1S/C16H16BrCl2NO/c1-3-21-16-7-5-12(18)9-15(16)20-10(2)13-6-4-11(17)8-14(13)19/h4-10,20H,3H2,1-2H3.